The Morgan fingerprint density at radius 3 is 2.80 bits per heavy atom. The molecule has 1 rings (SSSR count). The predicted octanol–water partition coefficient (Wildman–Crippen LogP) is -0.565. The maximum atomic E-state index is 5.57. The van der Waals surface area contributed by atoms with Crippen LogP contribution in [0.25, 0.3) is 0 Å². The molecule has 1 unspecified atom stereocenters. The highest BCUT2D eigenvalue weighted by molar-refractivity contribution is 5.01. The van der Waals surface area contributed by atoms with Gasteiger partial charge in [-0.2, -0.15) is 0 Å². The molecule has 0 radical (unpaired) electrons. The maximum Gasteiger partial charge on any atom is 0.0766 e. The molecule has 0 aliphatic heterocycles. The van der Waals surface area contributed by atoms with E-state index in [1.165, 1.54) is 0 Å². The van der Waals surface area contributed by atoms with Crippen molar-refractivity contribution in [3.63, 3.8) is 0 Å². The van der Waals surface area contributed by atoms with E-state index < -0.39 is 0 Å². The standard InChI is InChI=1S/C6H10N4/c7-3-5(8)6-4-9-1-2-10-6/h1-2,4-5H,3,7-8H2. The van der Waals surface area contributed by atoms with Crippen LogP contribution in [0, 0.1) is 0 Å². The van der Waals surface area contributed by atoms with Crippen LogP contribution in [-0.4, -0.2) is 16.5 Å². The van der Waals surface area contributed by atoms with Gasteiger partial charge in [-0.1, -0.05) is 0 Å². The van der Waals surface area contributed by atoms with E-state index in [0.717, 1.165) is 5.69 Å². The van der Waals surface area contributed by atoms with Gasteiger partial charge in [0, 0.05) is 18.9 Å². The second-order valence-corrected chi connectivity index (χ2v) is 1.97. The molecule has 4 N–H and O–H groups in total. The van der Waals surface area contributed by atoms with Gasteiger partial charge in [-0.05, 0) is 0 Å². The molecule has 0 amide bonds. The topological polar surface area (TPSA) is 77.8 Å². The number of nitrogens with zero attached hydrogens (tertiary/aromatic N) is 2. The van der Waals surface area contributed by atoms with Gasteiger partial charge < -0.3 is 11.5 Å². The van der Waals surface area contributed by atoms with Gasteiger partial charge in [0.05, 0.1) is 17.9 Å². The fourth-order valence-electron chi connectivity index (χ4n) is 0.623. The van der Waals surface area contributed by atoms with Gasteiger partial charge in [0.15, 0.2) is 0 Å². The molecule has 0 aromatic carbocycles. The molecular weight excluding hydrogens is 128 g/mol. The smallest absolute Gasteiger partial charge is 0.0766 e. The molecule has 1 aromatic rings. The molecule has 54 valence electrons. The minimum Gasteiger partial charge on any atom is -0.329 e. The first-order valence-electron chi connectivity index (χ1n) is 3.06. The van der Waals surface area contributed by atoms with Gasteiger partial charge in [0.25, 0.3) is 0 Å². The van der Waals surface area contributed by atoms with Crippen molar-refractivity contribution in [2.24, 2.45) is 11.5 Å². The summed E-state index contributed by atoms with van der Waals surface area (Å²) in [5.41, 5.74) is 11.6. The Hall–Kier alpha value is -1.00. The van der Waals surface area contributed by atoms with Crippen molar-refractivity contribution < 1.29 is 0 Å². The molecule has 0 spiro atoms. The first kappa shape index (κ1) is 7.11. The van der Waals surface area contributed by atoms with Crippen molar-refractivity contribution in [3.05, 3.63) is 24.3 Å². The minimum absolute atomic E-state index is 0.186. The number of hydrogen-bond donors (Lipinski definition) is 2. The molecule has 0 saturated carbocycles. The second-order valence-electron chi connectivity index (χ2n) is 1.97. The lowest BCUT2D eigenvalue weighted by Gasteiger charge is -2.04. The van der Waals surface area contributed by atoms with Crippen LogP contribution in [0.1, 0.15) is 11.7 Å². The van der Waals surface area contributed by atoms with E-state index in [2.05, 4.69) is 9.97 Å². The lowest BCUT2D eigenvalue weighted by Crippen LogP contribution is -2.21. The van der Waals surface area contributed by atoms with Crippen molar-refractivity contribution >= 4 is 0 Å². The van der Waals surface area contributed by atoms with Crippen molar-refractivity contribution in [2.75, 3.05) is 6.54 Å². The van der Waals surface area contributed by atoms with Gasteiger partial charge >= 0.3 is 0 Å². The molecule has 0 saturated heterocycles. The summed E-state index contributed by atoms with van der Waals surface area (Å²) in [7, 11) is 0. The van der Waals surface area contributed by atoms with Crippen molar-refractivity contribution in [1.82, 2.24) is 9.97 Å². The quantitative estimate of drug-likeness (QED) is 0.574. The molecular formula is C6H10N4. The average Bonchev–Trinajstić information content (AvgIpc) is 2.05. The highest BCUT2D eigenvalue weighted by atomic mass is 14.8. The van der Waals surface area contributed by atoms with Crippen LogP contribution < -0.4 is 11.5 Å². The molecule has 1 atom stereocenters. The van der Waals surface area contributed by atoms with Crippen LogP contribution in [0.2, 0.25) is 0 Å². The third-order valence-electron chi connectivity index (χ3n) is 1.22. The summed E-state index contributed by atoms with van der Waals surface area (Å²) in [6, 6.07) is -0.186. The Morgan fingerprint density at radius 1 is 1.50 bits per heavy atom. The summed E-state index contributed by atoms with van der Waals surface area (Å²) < 4.78 is 0. The summed E-state index contributed by atoms with van der Waals surface area (Å²) in [6.07, 6.45) is 4.83. The lowest BCUT2D eigenvalue weighted by molar-refractivity contribution is 0.705. The zero-order valence-corrected chi connectivity index (χ0v) is 5.57. The predicted molar refractivity (Wildman–Crippen MR) is 38.0 cm³/mol. The van der Waals surface area contributed by atoms with E-state index in [9.17, 15) is 0 Å². The Labute approximate surface area is 59.3 Å². The van der Waals surface area contributed by atoms with E-state index in [4.69, 9.17) is 11.5 Å². The minimum atomic E-state index is -0.186. The van der Waals surface area contributed by atoms with Gasteiger partial charge in [-0.3, -0.25) is 9.97 Å². The van der Waals surface area contributed by atoms with E-state index in [1.807, 2.05) is 0 Å². The third-order valence-corrected chi connectivity index (χ3v) is 1.22. The Morgan fingerprint density at radius 2 is 2.30 bits per heavy atom. The Balaban J connectivity index is 2.75. The normalized spacial score (nSPS) is 13.0. The highest BCUT2D eigenvalue weighted by Crippen LogP contribution is 2.00. The number of hydrogen-bond acceptors (Lipinski definition) is 4. The SMILES string of the molecule is NCC(N)c1cnccn1. The Bertz CT molecular complexity index is 186. The summed E-state index contributed by atoms with van der Waals surface area (Å²) >= 11 is 0. The molecule has 4 heteroatoms. The van der Waals surface area contributed by atoms with E-state index in [0.29, 0.717) is 6.54 Å². The van der Waals surface area contributed by atoms with E-state index in [1.54, 1.807) is 18.6 Å². The first-order chi connectivity index (χ1) is 4.84. The van der Waals surface area contributed by atoms with Gasteiger partial charge in [0.1, 0.15) is 0 Å². The van der Waals surface area contributed by atoms with Gasteiger partial charge in [-0.15, -0.1) is 0 Å². The molecule has 1 heterocycles. The van der Waals surface area contributed by atoms with E-state index in [-0.39, 0.29) is 6.04 Å². The highest BCUT2D eigenvalue weighted by Gasteiger charge is 2.02. The summed E-state index contributed by atoms with van der Waals surface area (Å²) in [6.45, 7) is 0.401. The van der Waals surface area contributed by atoms with Crippen LogP contribution in [0.5, 0.6) is 0 Å². The lowest BCUT2D eigenvalue weighted by atomic mass is 10.2. The van der Waals surface area contributed by atoms with Crippen molar-refractivity contribution in [3.8, 4) is 0 Å². The molecule has 1 aromatic heterocycles. The van der Waals surface area contributed by atoms with Crippen LogP contribution >= 0.6 is 0 Å². The zero-order chi connectivity index (χ0) is 7.40. The van der Waals surface area contributed by atoms with Crippen LogP contribution in [0.15, 0.2) is 18.6 Å². The summed E-state index contributed by atoms with van der Waals surface area (Å²) in [5.74, 6) is 0. The molecule has 0 bridgehead atoms. The van der Waals surface area contributed by atoms with Crippen LogP contribution in [0.4, 0.5) is 0 Å². The molecule has 0 aliphatic carbocycles. The Kier molecular flexibility index (Phi) is 2.30. The summed E-state index contributed by atoms with van der Waals surface area (Å²) in [4.78, 5) is 7.84. The average molecular weight is 138 g/mol. The monoisotopic (exact) mass is 138 g/mol. The van der Waals surface area contributed by atoms with Gasteiger partial charge in [0.2, 0.25) is 0 Å². The molecule has 10 heavy (non-hydrogen) atoms. The summed E-state index contributed by atoms with van der Waals surface area (Å²) in [5, 5.41) is 0. The maximum absolute atomic E-state index is 5.57. The van der Waals surface area contributed by atoms with E-state index >= 15 is 0 Å². The number of rotatable bonds is 2. The fourth-order valence-corrected chi connectivity index (χ4v) is 0.623. The largest absolute Gasteiger partial charge is 0.329 e. The second kappa shape index (κ2) is 3.24. The van der Waals surface area contributed by atoms with Crippen LogP contribution in [-0.2, 0) is 0 Å². The molecule has 4 nitrogen and oxygen atoms in total. The number of nitrogens with two attached hydrogens (primary N) is 2. The van der Waals surface area contributed by atoms with Gasteiger partial charge in [-0.25, -0.2) is 0 Å². The molecule has 0 aliphatic rings. The fraction of sp³-hybridized carbons (Fsp3) is 0.333. The zero-order valence-electron chi connectivity index (χ0n) is 5.57. The first-order valence-corrected chi connectivity index (χ1v) is 3.06. The molecule has 0 fully saturated rings. The number of aromatic nitrogens is 2. The van der Waals surface area contributed by atoms with Crippen LogP contribution in [0.3, 0.4) is 0 Å². The van der Waals surface area contributed by atoms with Crippen molar-refractivity contribution in [2.45, 2.75) is 6.04 Å². The third kappa shape index (κ3) is 1.49. The van der Waals surface area contributed by atoms with Crippen molar-refractivity contribution in [1.29, 1.82) is 0 Å².